The zero-order chi connectivity index (χ0) is 15.1. The fourth-order valence-electron chi connectivity index (χ4n) is 1.56. The second-order valence-corrected chi connectivity index (χ2v) is 5.01. The van der Waals surface area contributed by atoms with Crippen molar-refractivity contribution >= 4 is 5.91 Å². The maximum atomic E-state index is 12.1. The van der Waals surface area contributed by atoms with Crippen LogP contribution in [0.5, 0.6) is 0 Å². The van der Waals surface area contributed by atoms with Gasteiger partial charge in [0.25, 0.3) is 5.91 Å². The smallest absolute Gasteiger partial charge is 0.251 e. The Morgan fingerprint density at radius 2 is 2.15 bits per heavy atom. The van der Waals surface area contributed by atoms with Crippen LogP contribution in [0.25, 0.3) is 0 Å². The van der Waals surface area contributed by atoms with Crippen LogP contribution in [0.4, 0.5) is 0 Å². The quantitative estimate of drug-likeness (QED) is 0.806. The molecule has 0 heterocycles. The number of likely N-dealkylation sites (N-methyl/N-ethyl adjacent to an activating group) is 1. The molecule has 0 radical (unpaired) electrons. The molecule has 1 aromatic carbocycles. The lowest BCUT2D eigenvalue weighted by molar-refractivity contribution is 0.0943. The van der Waals surface area contributed by atoms with E-state index in [1.54, 1.807) is 12.1 Å². The van der Waals surface area contributed by atoms with E-state index in [9.17, 15) is 4.79 Å². The second kappa shape index (κ2) is 7.68. The number of hydrogen-bond donors (Lipinski definition) is 2. The molecule has 0 aliphatic rings. The Labute approximate surface area is 120 Å². The minimum Gasteiger partial charge on any atom is -0.384 e. The molecule has 0 aliphatic carbocycles. The lowest BCUT2D eigenvalue weighted by atomic mass is 10.0. The summed E-state index contributed by atoms with van der Waals surface area (Å²) < 4.78 is 0. The van der Waals surface area contributed by atoms with Crippen LogP contribution in [-0.2, 0) is 0 Å². The average Bonchev–Trinajstić information content (AvgIpc) is 2.43. The summed E-state index contributed by atoms with van der Waals surface area (Å²) in [6, 6.07) is 5.69. The highest BCUT2D eigenvalue weighted by atomic mass is 16.2. The fraction of sp³-hybridized carbons (Fsp3) is 0.438. The fourth-order valence-corrected chi connectivity index (χ4v) is 1.56. The van der Waals surface area contributed by atoms with Gasteiger partial charge in [-0.2, -0.15) is 0 Å². The predicted molar refractivity (Wildman–Crippen MR) is 80.6 cm³/mol. The van der Waals surface area contributed by atoms with E-state index in [1.165, 1.54) is 0 Å². The normalized spacial score (nSPS) is 11.7. The monoisotopic (exact) mass is 274 g/mol. The third kappa shape index (κ3) is 4.69. The number of amides is 1. The minimum absolute atomic E-state index is 0.106. The third-order valence-electron chi connectivity index (χ3n) is 3.24. The highest BCUT2D eigenvalue weighted by molar-refractivity contribution is 5.94. The Balaban J connectivity index is 2.78. The molecule has 1 aromatic rings. The van der Waals surface area contributed by atoms with Gasteiger partial charge >= 0.3 is 0 Å². The summed E-state index contributed by atoms with van der Waals surface area (Å²) in [6.45, 7) is 4.39. The number of rotatable bonds is 4. The summed E-state index contributed by atoms with van der Waals surface area (Å²) in [4.78, 5) is 14.1. The molecule has 1 unspecified atom stereocenters. The molecular weight excluding hydrogens is 252 g/mol. The molecule has 0 saturated heterocycles. The van der Waals surface area contributed by atoms with Crippen LogP contribution < -0.4 is 5.32 Å². The summed E-state index contributed by atoms with van der Waals surface area (Å²) in [5.41, 5.74) is 2.35. The van der Waals surface area contributed by atoms with E-state index < -0.39 is 0 Å². The standard InChI is InChI=1S/C16H22N2O2/c1-12-7-8-15(10-14(12)6-5-9-19)16(20)17-11-13(2)18(3)4/h7-8,10,13,19H,9,11H2,1-4H3,(H,17,20). The van der Waals surface area contributed by atoms with Gasteiger partial charge in [-0.1, -0.05) is 17.9 Å². The lowest BCUT2D eigenvalue weighted by Crippen LogP contribution is -2.38. The summed E-state index contributed by atoms with van der Waals surface area (Å²) in [7, 11) is 3.95. The predicted octanol–water partition coefficient (Wildman–Crippen LogP) is 1.02. The van der Waals surface area contributed by atoms with Crippen molar-refractivity contribution in [1.29, 1.82) is 0 Å². The van der Waals surface area contributed by atoms with Gasteiger partial charge in [0.15, 0.2) is 0 Å². The van der Waals surface area contributed by atoms with E-state index in [1.807, 2.05) is 38.9 Å². The van der Waals surface area contributed by atoms with Crippen molar-refractivity contribution in [3.8, 4) is 11.8 Å². The lowest BCUT2D eigenvalue weighted by Gasteiger charge is -2.20. The molecule has 4 heteroatoms. The van der Waals surface area contributed by atoms with Crippen LogP contribution in [0.1, 0.15) is 28.4 Å². The van der Waals surface area contributed by atoms with Gasteiger partial charge in [-0.05, 0) is 45.6 Å². The van der Waals surface area contributed by atoms with Crippen LogP contribution in [0.15, 0.2) is 18.2 Å². The van der Waals surface area contributed by atoms with Gasteiger partial charge < -0.3 is 15.3 Å². The third-order valence-corrected chi connectivity index (χ3v) is 3.24. The van der Waals surface area contributed by atoms with Crippen LogP contribution in [-0.4, -0.2) is 49.2 Å². The Bertz CT molecular complexity index is 527. The summed E-state index contributed by atoms with van der Waals surface area (Å²) in [5, 5.41) is 11.6. The largest absolute Gasteiger partial charge is 0.384 e. The topological polar surface area (TPSA) is 52.6 Å². The molecular formula is C16H22N2O2. The van der Waals surface area contributed by atoms with E-state index in [-0.39, 0.29) is 18.6 Å². The molecule has 0 saturated carbocycles. The van der Waals surface area contributed by atoms with E-state index in [2.05, 4.69) is 17.2 Å². The first-order valence-corrected chi connectivity index (χ1v) is 6.60. The van der Waals surface area contributed by atoms with Gasteiger partial charge in [0.05, 0.1) is 0 Å². The molecule has 2 N–H and O–H groups in total. The van der Waals surface area contributed by atoms with E-state index >= 15 is 0 Å². The van der Waals surface area contributed by atoms with Gasteiger partial charge in [0.1, 0.15) is 6.61 Å². The number of nitrogens with one attached hydrogen (secondary N) is 1. The van der Waals surface area contributed by atoms with Crippen molar-refractivity contribution in [2.45, 2.75) is 19.9 Å². The van der Waals surface area contributed by atoms with Gasteiger partial charge in [0, 0.05) is 23.7 Å². The summed E-state index contributed by atoms with van der Waals surface area (Å²) in [5.74, 6) is 5.35. The molecule has 0 fully saturated rings. The van der Waals surface area contributed by atoms with Crippen LogP contribution >= 0.6 is 0 Å². The molecule has 0 aliphatic heterocycles. The molecule has 0 spiro atoms. The van der Waals surface area contributed by atoms with Crippen molar-refractivity contribution in [3.05, 3.63) is 34.9 Å². The highest BCUT2D eigenvalue weighted by Crippen LogP contribution is 2.10. The number of nitrogens with zero attached hydrogens (tertiary/aromatic N) is 1. The molecule has 1 atom stereocenters. The van der Waals surface area contributed by atoms with Crippen LogP contribution in [0.3, 0.4) is 0 Å². The van der Waals surface area contributed by atoms with Crippen molar-refractivity contribution < 1.29 is 9.90 Å². The highest BCUT2D eigenvalue weighted by Gasteiger charge is 2.10. The van der Waals surface area contributed by atoms with Crippen molar-refractivity contribution in [2.75, 3.05) is 27.2 Å². The van der Waals surface area contributed by atoms with Crippen molar-refractivity contribution in [2.24, 2.45) is 0 Å². The second-order valence-electron chi connectivity index (χ2n) is 5.01. The number of benzene rings is 1. The van der Waals surface area contributed by atoms with Crippen LogP contribution in [0.2, 0.25) is 0 Å². The van der Waals surface area contributed by atoms with Gasteiger partial charge in [0.2, 0.25) is 0 Å². The SMILES string of the molecule is Cc1ccc(C(=O)NCC(C)N(C)C)cc1C#CCO. The number of aliphatic hydroxyl groups excluding tert-OH is 1. The Kier molecular flexibility index (Phi) is 6.23. The minimum atomic E-state index is -0.184. The average molecular weight is 274 g/mol. The molecule has 108 valence electrons. The van der Waals surface area contributed by atoms with Crippen LogP contribution in [0, 0.1) is 18.8 Å². The molecule has 1 amide bonds. The van der Waals surface area contributed by atoms with Gasteiger partial charge in [-0.3, -0.25) is 4.79 Å². The van der Waals surface area contributed by atoms with E-state index in [4.69, 9.17) is 5.11 Å². The number of aryl methyl sites for hydroxylation is 1. The Morgan fingerprint density at radius 1 is 1.45 bits per heavy atom. The Morgan fingerprint density at radius 3 is 2.75 bits per heavy atom. The Hall–Kier alpha value is -1.83. The molecule has 20 heavy (non-hydrogen) atoms. The first-order valence-electron chi connectivity index (χ1n) is 6.60. The van der Waals surface area contributed by atoms with Crippen molar-refractivity contribution in [1.82, 2.24) is 10.2 Å². The number of hydrogen-bond acceptors (Lipinski definition) is 3. The summed E-state index contributed by atoms with van der Waals surface area (Å²) in [6.07, 6.45) is 0. The number of aliphatic hydroxyl groups is 1. The zero-order valence-corrected chi connectivity index (χ0v) is 12.5. The molecule has 4 nitrogen and oxygen atoms in total. The maximum absolute atomic E-state index is 12.1. The van der Waals surface area contributed by atoms with E-state index in [0.29, 0.717) is 12.1 Å². The maximum Gasteiger partial charge on any atom is 0.251 e. The number of carbonyl (C=O) groups excluding carboxylic acids is 1. The van der Waals surface area contributed by atoms with Crippen molar-refractivity contribution in [3.63, 3.8) is 0 Å². The summed E-state index contributed by atoms with van der Waals surface area (Å²) >= 11 is 0. The number of carbonyl (C=O) groups is 1. The molecule has 0 aromatic heterocycles. The first kappa shape index (κ1) is 16.2. The van der Waals surface area contributed by atoms with Gasteiger partial charge in [-0.15, -0.1) is 0 Å². The van der Waals surface area contributed by atoms with E-state index in [0.717, 1.165) is 11.1 Å². The molecule has 1 rings (SSSR count). The zero-order valence-electron chi connectivity index (χ0n) is 12.5. The molecule has 0 bridgehead atoms. The first-order chi connectivity index (χ1) is 9.45. The van der Waals surface area contributed by atoms with Gasteiger partial charge in [-0.25, -0.2) is 0 Å².